The Labute approximate surface area is 128 Å². The van der Waals surface area contributed by atoms with Crippen LogP contribution >= 0.6 is 11.3 Å². The van der Waals surface area contributed by atoms with Crippen LogP contribution in [0.3, 0.4) is 0 Å². The number of hydrogen-bond donors (Lipinski definition) is 1. The van der Waals surface area contributed by atoms with Gasteiger partial charge in [0, 0.05) is 11.4 Å². The van der Waals surface area contributed by atoms with Crippen LogP contribution in [0.1, 0.15) is 29.5 Å². The standard InChI is InChI=1S/C15H17N5S/c16-8-12-9-17-11-15(19-12)18-10-13(14-4-3-7-21-14)20-5-1-2-6-20/h3-4,7,9,11,13H,1-2,5-6,10H2,(H,18,19)/t13-/m1/s1. The van der Waals surface area contributed by atoms with Gasteiger partial charge in [-0.2, -0.15) is 5.26 Å². The molecule has 0 radical (unpaired) electrons. The molecule has 0 aliphatic carbocycles. The Morgan fingerprint density at radius 1 is 1.38 bits per heavy atom. The van der Waals surface area contributed by atoms with Crippen LogP contribution in [0, 0.1) is 11.3 Å². The molecule has 0 saturated carbocycles. The van der Waals surface area contributed by atoms with E-state index in [4.69, 9.17) is 5.26 Å². The molecule has 6 heteroatoms. The van der Waals surface area contributed by atoms with Gasteiger partial charge in [-0.3, -0.25) is 9.88 Å². The molecule has 1 N–H and O–H groups in total. The fourth-order valence-corrected chi connectivity index (χ4v) is 3.51. The molecule has 0 amide bonds. The van der Waals surface area contributed by atoms with Gasteiger partial charge in [0.05, 0.1) is 18.4 Å². The Morgan fingerprint density at radius 2 is 2.24 bits per heavy atom. The fraction of sp³-hybridized carbons (Fsp3) is 0.400. The first-order chi connectivity index (χ1) is 10.4. The first-order valence-electron chi connectivity index (χ1n) is 7.10. The maximum Gasteiger partial charge on any atom is 0.161 e. The molecule has 1 atom stereocenters. The van der Waals surface area contributed by atoms with Crippen molar-refractivity contribution in [2.75, 3.05) is 25.0 Å². The van der Waals surface area contributed by atoms with Gasteiger partial charge in [-0.15, -0.1) is 11.3 Å². The van der Waals surface area contributed by atoms with Crippen LogP contribution in [-0.4, -0.2) is 34.5 Å². The predicted molar refractivity (Wildman–Crippen MR) is 83.1 cm³/mol. The number of hydrogen-bond acceptors (Lipinski definition) is 6. The molecule has 3 rings (SSSR count). The van der Waals surface area contributed by atoms with Gasteiger partial charge in [-0.05, 0) is 37.4 Å². The van der Waals surface area contributed by atoms with Crippen LogP contribution in [0.15, 0.2) is 29.9 Å². The van der Waals surface area contributed by atoms with Crippen molar-refractivity contribution in [2.45, 2.75) is 18.9 Å². The lowest BCUT2D eigenvalue weighted by Crippen LogP contribution is -2.30. The molecule has 0 bridgehead atoms. The highest BCUT2D eigenvalue weighted by atomic mass is 32.1. The maximum atomic E-state index is 8.88. The van der Waals surface area contributed by atoms with Gasteiger partial charge in [-0.1, -0.05) is 6.07 Å². The summed E-state index contributed by atoms with van der Waals surface area (Å²) in [5.41, 5.74) is 0.342. The topological polar surface area (TPSA) is 64.8 Å². The summed E-state index contributed by atoms with van der Waals surface area (Å²) in [6.45, 7) is 3.08. The Kier molecular flexibility index (Phi) is 4.43. The van der Waals surface area contributed by atoms with Gasteiger partial charge in [0.25, 0.3) is 0 Å². The van der Waals surface area contributed by atoms with Crippen LogP contribution in [0.4, 0.5) is 5.82 Å². The van der Waals surface area contributed by atoms with Crippen LogP contribution in [0.5, 0.6) is 0 Å². The van der Waals surface area contributed by atoms with E-state index in [-0.39, 0.29) is 0 Å². The summed E-state index contributed by atoms with van der Waals surface area (Å²) < 4.78 is 0. The van der Waals surface area contributed by atoms with Crippen molar-refractivity contribution in [3.05, 3.63) is 40.5 Å². The van der Waals surface area contributed by atoms with E-state index >= 15 is 0 Å². The number of rotatable bonds is 5. The lowest BCUT2D eigenvalue weighted by Gasteiger charge is -2.27. The van der Waals surface area contributed by atoms with Crippen molar-refractivity contribution < 1.29 is 0 Å². The van der Waals surface area contributed by atoms with E-state index in [1.807, 2.05) is 6.07 Å². The minimum Gasteiger partial charge on any atom is -0.367 e. The molecule has 1 aliphatic heterocycles. The van der Waals surface area contributed by atoms with E-state index in [0.717, 1.165) is 19.6 Å². The third-order valence-electron chi connectivity index (χ3n) is 3.68. The van der Waals surface area contributed by atoms with Crippen molar-refractivity contribution >= 4 is 17.2 Å². The molecular formula is C15H17N5S. The van der Waals surface area contributed by atoms with Crippen LogP contribution in [0.25, 0.3) is 0 Å². The van der Waals surface area contributed by atoms with E-state index in [1.165, 1.54) is 23.9 Å². The third-order valence-corrected chi connectivity index (χ3v) is 4.65. The normalized spacial score (nSPS) is 16.5. The van der Waals surface area contributed by atoms with E-state index in [0.29, 0.717) is 17.6 Å². The van der Waals surface area contributed by atoms with Crippen molar-refractivity contribution in [3.63, 3.8) is 0 Å². The van der Waals surface area contributed by atoms with Crippen molar-refractivity contribution in [3.8, 4) is 6.07 Å². The molecule has 2 aromatic heterocycles. The Hall–Kier alpha value is -1.97. The minimum atomic E-state index is 0.342. The molecule has 0 unspecified atom stereocenters. The monoisotopic (exact) mass is 299 g/mol. The molecule has 21 heavy (non-hydrogen) atoms. The molecule has 0 spiro atoms. The first kappa shape index (κ1) is 14.0. The molecule has 3 heterocycles. The summed E-state index contributed by atoms with van der Waals surface area (Å²) in [4.78, 5) is 12.1. The van der Waals surface area contributed by atoms with Gasteiger partial charge in [0.1, 0.15) is 11.9 Å². The number of thiophene rings is 1. The summed E-state index contributed by atoms with van der Waals surface area (Å²) in [5.74, 6) is 0.662. The summed E-state index contributed by atoms with van der Waals surface area (Å²) in [7, 11) is 0. The summed E-state index contributed by atoms with van der Waals surface area (Å²) in [6.07, 6.45) is 5.68. The number of nitriles is 1. The molecule has 1 fully saturated rings. The van der Waals surface area contributed by atoms with E-state index < -0.39 is 0 Å². The quantitative estimate of drug-likeness (QED) is 0.919. The summed E-state index contributed by atoms with van der Waals surface area (Å²) in [6, 6.07) is 6.66. The van der Waals surface area contributed by atoms with Gasteiger partial charge in [-0.25, -0.2) is 4.98 Å². The SMILES string of the molecule is N#Cc1cncc(NC[C@H](c2cccs2)N2CCCC2)n1. The highest BCUT2D eigenvalue weighted by Crippen LogP contribution is 2.28. The lowest BCUT2D eigenvalue weighted by atomic mass is 10.2. The highest BCUT2D eigenvalue weighted by Gasteiger charge is 2.24. The van der Waals surface area contributed by atoms with Crippen molar-refractivity contribution in [1.29, 1.82) is 5.26 Å². The maximum absolute atomic E-state index is 8.88. The van der Waals surface area contributed by atoms with Crippen LogP contribution in [-0.2, 0) is 0 Å². The number of nitrogens with zero attached hydrogens (tertiary/aromatic N) is 4. The van der Waals surface area contributed by atoms with Crippen LogP contribution in [0.2, 0.25) is 0 Å². The predicted octanol–water partition coefficient (Wildman–Crippen LogP) is 2.66. The Morgan fingerprint density at radius 3 is 2.95 bits per heavy atom. The first-order valence-corrected chi connectivity index (χ1v) is 7.98. The smallest absolute Gasteiger partial charge is 0.161 e. The zero-order valence-corrected chi connectivity index (χ0v) is 12.5. The van der Waals surface area contributed by atoms with E-state index in [1.54, 1.807) is 17.5 Å². The molecular weight excluding hydrogens is 282 g/mol. The zero-order chi connectivity index (χ0) is 14.5. The molecule has 0 aromatic carbocycles. The van der Waals surface area contributed by atoms with Gasteiger partial charge >= 0.3 is 0 Å². The average Bonchev–Trinajstić information content (AvgIpc) is 3.21. The van der Waals surface area contributed by atoms with Gasteiger partial charge in [0.15, 0.2) is 5.69 Å². The Bertz CT molecular complexity index is 613. The average molecular weight is 299 g/mol. The second-order valence-corrected chi connectivity index (χ2v) is 6.04. The zero-order valence-electron chi connectivity index (χ0n) is 11.7. The second kappa shape index (κ2) is 6.66. The fourth-order valence-electron chi connectivity index (χ4n) is 2.65. The highest BCUT2D eigenvalue weighted by molar-refractivity contribution is 7.10. The molecule has 1 aliphatic rings. The third kappa shape index (κ3) is 3.38. The van der Waals surface area contributed by atoms with Gasteiger partial charge in [0.2, 0.25) is 0 Å². The molecule has 108 valence electrons. The van der Waals surface area contributed by atoms with Crippen LogP contribution < -0.4 is 5.32 Å². The van der Waals surface area contributed by atoms with E-state index in [2.05, 4.69) is 37.7 Å². The lowest BCUT2D eigenvalue weighted by molar-refractivity contribution is 0.259. The summed E-state index contributed by atoms with van der Waals surface area (Å²) in [5, 5.41) is 14.3. The number of likely N-dealkylation sites (tertiary alicyclic amines) is 1. The molecule has 5 nitrogen and oxygen atoms in total. The number of nitrogens with one attached hydrogen (secondary N) is 1. The number of anilines is 1. The summed E-state index contributed by atoms with van der Waals surface area (Å²) >= 11 is 1.79. The molecule has 1 saturated heterocycles. The number of aromatic nitrogens is 2. The van der Waals surface area contributed by atoms with Crippen molar-refractivity contribution in [1.82, 2.24) is 14.9 Å². The molecule has 2 aromatic rings. The van der Waals surface area contributed by atoms with E-state index in [9.17, 15) is 0 Å². The Balaban J connectivity index is 1.71. The largest absolute Gasteiger partial charge is 0.367 e. The second-order valence-electron chi connectivity index (χ2n) is 5.06. The van der Waals surface area contributed by atoms with Crippen molar-refractivity contribution in [2.24, 2.45) is 0 Å². The minimum absolute atomic E-state index is 0.342. The van der Waals surface area contributed by atoms with Gasteiger partial charge < -0.3 is 5.32 Å².